The number of allylic oxidation sites excluding steroid dienone is 1. The zero-order valence-corrected chi connectivity index (χ0v) is 13.2. The van der Waals surface area contributed by atoms with Crippen molar-refractivity contribution in [1.82, 2.24) is 0 Å². The van der Waals surface area contributed by atoms with Crippen LogP contribution in [0.1, 0.15) is 62.0 Å². The lowest BCUT2D eigenvalue weighted by molar-refractivity contribution is 0.441. The van der Waals surface area contributed by atoms with Crippen LogP contribution in [0.2, 0.25) is 0 Å². The average Bonchev–Trinajstić information content (AvgIpc) is 2.47. The normalized spacial score (nSPS) is 16.8. The van der Waals surface area contributed by atoms with Crippen LogP contribution < -0.4 is 0 Å². The molecule has 0 aliphatic heterocycles. The minimum absolute atomic E-state index is 0.0855. The first-order valence-electron chi connectivity index (χ1n) is 7.71. The summed E-state index contributed by atoms with van der Waals surface area (Å²) in [6.07, 6.45) is 8.31. The van der Waals surface area contributed by atoms with Gasteiger partial charge >= 0.3 is 0 Å². The molecular formula is C17H24O3S. The van der Waals surface area contributed by atoms with E-state index in [1.807, 2.05) is 6.07 Å². The van der Waals surface area contributed by atoms with E-state index in [4.69, 9.17) is 4.55 Å². The standard InChI is InChI=1S/C17H24O3S/c1-14(21(18,19)20)8-7-12-16-11-5-6-13-17(16)15-9-3-2-4-10-15/h5-6,11,13,15H,1-4,7-10,12H2,(H,18,19,20). The fraction of sp³-hybridized carbons (Fsp3) is 0.529. The van der Waals surface area contributed by atoms with Gasteiger partial charge in [0.05, 0.1) is 4.91 Å². The van der Waals surface area contributed by atoms with Crippen molar-refractivity contribution in [1.29, 1.82) is 0 Å². The SMILES string of the molecule is C=C(CCCc1ccccc1C1CCCCC1)S(=O)(=O)O. The molecule has 1 fully saturated rings. The molecule has 116 valence electrons. The maximum Gasteiger partial charge on any atom is 0.290 e. The maximum absolute atomic E-state index is 10.9. The zero-order chi connectivity index (χ0) is 15.3. The Labute approximate surface area is 127 Å². The van der Waals surface area contributed by atoms with E-state index in [1.165, 1.54) is 43.2 Å². The second-order valence-electron chi connectivity index (χ2n) is 5.90. The van der Waals surface area contributed by atoms with Crippen LogP contribution >= 0.6 is 0 Å². The molecule has 2 rings (SSSR count). The van der Waals surface area contributed by atoms with Crippen molar-refractivity contribution in [3.8, 4) is 0 Å². The third-order valence-corrected chi connectivity index (χ3v) is 5.30. The molecule has 0 aromatic heterocycles. The minimum atomic E-state index is -4.08. The van der Waals surface area contributed by atoms with Gasteiger partial charge in [-0.15, -0.1) is 0 Å². The van der Waals surface area contributed by atoms with Crippen molar-refractivity contribution in [2.75, 3.05) is 0 Å². The van der Waals surface area contributed by atoms with E-state index in [9.17, 15) is 8.42 Å². The molecule has 1 aliphatic rings. The third kappa shape index (κ3) is 4.68. The molecule has 0 atom stereocenters. The van der Waals surface area contributed by atoms with Gasteiger partial charge in [-0.2, -0.15) is 8.42 Å². The van der Waals surface area contributed by atoms with Gasteiger partial charge in [0.1, 0.15) is 0 Å². The molecule has 1 N–H and O–H groups in total. The summed E-state index contributed by atoms with van der Waals surface area (Å²) in [6.45, 7) is 3.43. The van der Waals surface area contributed by atoms with E-state index < -0.39 is 10.1 Å². The van der Waals surface area contributed by atoms with Crippen LogP contribution in [0.25, 0.3) is 0 Å². The molecule has 1 aliphatic carbocycles. The molecule has 1 saturated carbocycles. The van der Waals surface area contributed by atoms with Crippen LogP contribution in [-0.4, -0.2) is 13.0 Å². The quantitative estimate of drug-likeness (QED) is 0.789. The molecule has 0 saturated heterocycles. The van der Waals surface area contributed by atoms with Crippen LogP contribution in [0.15, 0.2) is 35.7 Å². The van der Waals surface area contributed by atoms with E-state index in [0.29, 0.717) is 18.8 Å². The number of aryl methyl sites for hydroxylation is 1. The van der Waals surface area contributed by atoms with Crippen LogP contribution in [-0.2, 0) is 16.5 Å². The summed E-state index contributed by atoms with van der Waals surface area (Å²) in [5.74, 6) is 0.653. The van der Waals surface area contributed by atoms with Gasteiger partial charge in [-0.3, -0.25) is 4.55 Å². The molecule has 1 aromatic carbocycles. The topological polar surface area (TPSA) is 54.4 Å². The second kappa shape index (κ2) is 7.23. The van der Waals surface area contributed by atoms with E-state index in [0.717, 1.165) is 6.42 Å². The monoisotopic (exact) mass is 308 g/mol. The predicted molar refractivity (Wildman–Crippen MR) is 85.9 cm³/mol. The van der Waals surface area contributed by atoms with Crippen LogP contribution in [0.4, 0.5) is 0 Å². The van der Waals surface area contributed by atoms with Gasteiger partial charge in [0.25, 0.3) is 10.1 Å². The lowest BCUT2D eigenvalue weighted by Crippen LogP contribution is -2.08. The largest absolute Gasteiger partial charge is 0.290 e. The zero-order valence-electron chi connectivity index (χ0n) is 12.4. The number of hydrogen-bond donors (Lipinski definition) is 1. The summed E-state index contributed by atoms with van der Waals surface area (Å²) < 4.78 is 30.8. The van der Waals surface area contributed by atoms with Crippen molar-refractivity contribution in [3.05, 3.63) is 46.9 Å². The fourth-order valence-electron chi connectivity index (χ4n) is 3.18. The van der Waals surface area contributed by atoms with Crippen LogP contribution in [0.3, 0.4) is 0 Å². The number of benzene rings is 1. The number of rotatable bonds is 6. The van der Waals surface area contributed by atoms with Crippen molar-refractivity contribution in [3.63, 3.8) is 0 Å². The first kappa shape index (κ1) is 16.2. The Hall–Kier alpha value is -1.13. The van der Waals surface area contributed by atoms with Gasteiger partial charge in [0.15, 0.2) is 0 Å². The first-order chi connectivity index (χ1) is 9.98. The van der Waals surface area contributed by atoms with E-state index in [2.05, 4.69) is 24.8 Å². The fourth-order valence-corrected chi connectivity index (χ4v) is 3.58. The lowest BCUT2D eigenvalue weighted by Gasteiger charge is -2.24. The highest BCUT2D eigenvalue weighted by Gasteiger charge is 2.18. The van der Waals surface area contributed by atoms with Crippen LogP contribution in [0.5, 0.6) is 0 Å². The molecule has 3 nitrogen and oxygen atoms in total. The van der Waals surface area contributed by atoms with Crippen molar-refractivity contribution in [2.24, 2.45) is 0 Å². The molecule has 0 bridgehead atoms. The molecule has 0 unspecified atom stereocenters. The number of hydrogen-bond acceptors (Lipinski definition) is 2. The van der Waals surface area contributed by atoms with Gasteiger partial charge in [0, 0.05) is 0 Å². The highest BCUT2D eigenvalue weighted by molar-refractivity contribution is 7.89. The molecule has 0 amide bonds. The van der Waals surface area contributed by atoms with E-state index in [1.54, 1.807) is 0 Å². The van der Waals surface area contributed by atoms with Gasteiger partial charge < -0.3 is 0 Å². The minimum Gasteiger partial charge on any atom is -0.282 e. The molecule has 0 radical (unpaired) electrons. The Balaban J connectivity index is 1.98. The molecular weight excluding hydrogens is 284 g/mol. The van der Waals surface area contributed by atoms with Gasteiger partial charge in [-0.1, -0.05) is 50.1 Å². The average molecular weight is 308 g/mol. The molecule has 1 aromatic rings. The maximum atomic E-state index is 10.9. The molecule has 0 spiro atoms. The van der Waals surface area contributed by atoms with Crippen molar-refractivity contribution in [2.45, 2.75) is 57.3 Å². The first-order valence-corrected chi connectivity index (χ1v) is 9.15. The van der Waals surface area contributed by atoms with Crippen molar-refractivity contribution >= 4 is 10.1 Å². The Morgan fingerprint density at radius 2 is 1.86 bits per heavy atom. The van der Waals surface area contributed by atoms with Gasteiger partial charge in [-0.25, -0.2) is 0 Å². The summed E-state index contributed by atoms with van der Waals surface area (Å²) >= 11 is 0. The Kier molecular flexibility index (Phi) is 5.59. The summed E-state index contributed by atoms with van der Waals surface area (Å²) in [4.78, 5) is -0.0855. The molecule has 4 heteroatoms. The third-order valence-electron chi connectivity index (χ3n) is 4.37. The lowest BCUT2D eigenvalue weighted by atomic mass is 9.81. The smallest absolute Gasteiger partial charge is 0.282 e. The Bertz CT molecular complexity index is 584. The summed E-state index contributed by atoms with van der Waals surface area (Å²) in [7, 11) is -4.08. The summed E-state index contributed by atoms with van der Waals surface area (Å²) in [5, 5.41) is 0. The van der Waals surface area contributed by atoms with E-state index >= 15 is 0 Å². The Morgan fingerprint density at radius 3 is 2.52 bits per heavy atom. The van der Waals surface area contributed by atoms with Crippen molar-refractivity contribution < 1.29 is 13.0 Å². The Morgan fingerprint density at radius 1 is 1.19 bits per heavy atom. The summed E-state index contributed by atoms with van der Waals surface area (Å²) in [6, 6.07) is 8.48. The van der Waals surface area contributed by atoms with Gasteiger partial charge in [-0.05, 0) is 49.1 Å². The highest BCUT2D eigenvalue weighted by atomic mass is 32.2. The molecule has 0 heterocycles. The van der Waals surface area contributed by atoms with E-state index in [-0.39, 0.29) is 4.91 Å². The van der Waals surface area contributed by atoms with Gasteiger partial charge in [0.2, 0.25) is 0 Å². The summed E-state index contributed by atoms with van der Waals surface area (Å²) in [5.41, 5.74) is 2.74. The molecule has 21 heavy (non-hydrogen) atoms. The second-order valence-corrected chi connectivity index (χ2v) is 7.43. The highest BCUT2D eigenvalue weighted by Crippen LogP contribution is 2.34. The van der Waals surface area contributed by atoms with Crippen LogP contribution in [0, 0.1) is 0 Å². The predicted octanol–water partition coefficient (Wildman–Crippen LogP) is 4.46.